The Labute approximate surface area is 251 Å². The molecular formula is C29H36ClN3O8S. The number of nitrogens with one attached hydrogen (secondary N) is 1. The Balaban J connectivity index is 1.67. The van der Waals surface area contributed by atoms with Crippen molar-refractivity contribution in [3.63, 3.8) is 0 Å². The molecule has 0 amide bonds. The Kier molecular flexibility index (Phi) is 9.53. The average Bonchev–Trinajstić information content (AvgIpc) is 3.28. The van der Waals surface area contributed by atoms with E-state index in [9.17, 15) is 8.42 Å². The van der Waals surface area contributed by atoms with Gasteiger partial charge in [-0.1, -0.05) is 44.5 Å². The fourth-order valence-corrected chi connectivity index (χ4v) is 5.25. The van der Waals surface area contributed by atoms with E-state index in [1.807, 2.05) is 34.6 Å². The van der Waals surface area contributed by atoms with Crippen LogP contribution in [0.2, 0.25) is 5.02 Å². The molecule has 1 aromatic heterocycles. The number of methoxy groups -OCH3 is 2. The zero-order valence-corrected chi connectivity index (χ0v) is 26.3. The molecule has 1 fully saturated rings. The van der Waals surface area contributed by atoms with Gasteiger partial charge in [-0.15, -0.1) is 0 Å². The van der Waals surface area contributed by atoms with E-state index in [4.69, 9.17) is 40.0 Å². The summed E-state index contributed by atoms with van der Waals surface area (Å²) in [6.45, 7) is 10.3. The molecule has 1 aliphatic heterocycles. The van der Waals surface area contributed by atoms with Crippen molar-refractivity contribution in [3.8, 4) is 23.1 Å². The number of sulfonamides is 1. The molecule has 1 saturated heterocycles. The number of halogens is 1. The number of rotatable bonds is 11. The van der Waals surface area contributed by atoms with E-state index >= 15 is 0 Å². The van der Waals surface area contributed by atoms with Crippen molar-refractivity contribution in [1.29, 1.82) is 0 Å². The number of anilines is 1. The standard InChI is InChI=1S/C29H36ClN3O8S/c1-28(2,3)18-8-11-21(12-9-18)42(34,35)33-26-25(40-23-14-19(36-6)10-13-22(23)30)27(37-7)32-24(31-26)17-38-15-20-16-39-29(4,5)41-20/h8-14,20H,15-17H2,1-7H3,(H,31,32,33). The summed E-state index contributed by atoms with van der Waals surface area (Å²) in [5.41, 5.74) is 0.842. The SMILES string of the molecule is COc1ccc(Cl)c(Oc2c(NS(=O)(=O)c3ccc(C(C)(C)C)cc3)nc(COCC3COC(C)(C)O3)nc2OC)c1. The summed E-state index contributed by atoms with van der Waals surface area (Å²) in [5.74, 6) is -0.189. The van der Waals surface area contributed by atoms with E-state index in [1.54, 1.807) is 30.3 Å². The lowest BCUT2D eigenvalue weighted by Gasteiger charge is -2.20. The summed E-state index contributed by atoms with van der Waals surface area (Å²) in [6.07, 6.45) is -0.270. The van der Waals surface area contributed by atoms with Crippen molar-refractivity contribution in [2.45, 2.75) is 63.4 Å². The average molecular weight is 622 g/mol. The Morgan fingerprint density at radius 1 is 1.07 bits per heavy atom. The minimum atomic E-state index is -4.11. The molecule has 0 aliphatic carbocycles. The van der Waals surface area contributed by atoms with E-state index in [2.05, 4.69) is 14.7 Å². The normalized spacial score (nSPS) is 16.7. The molecule has 2 aromatic carbocycles. The third-order valence-corrected chi connectivity index (χ3v) is 7.96. The summed E-state index contributed by atoms with van der Waals surface area (Å²) >= 11 is 6.37. The fourth-order valence-electron chi connectivity index (χ4n) is 4.08. The second-order valence-corrected chi connectivity index (χ2v) is 13.2. The van der Waals surface area contributed by atoms with Crippen LogP contribution in [-0.4, -0.2) is 57.7 Å². The molecule has 0 saturated carbocycles. The summed E-state index contributed by atoms with van der Waals surface area (Å²) in [5, 5.41) is 0.249. The maximum absolute atomic E-state index is 13.5. The van der Waals surface area contributed by atoms with Crippen LogP contribution >= 0.6 is 11.6 Å². The second kappa shape index (κ2) is 12.6. The minimum Gasteiger partial charge on any atom is -0.497 e. The molecule has 11 nitrogen and oxygen atoms in total. The zero-order chi connectivity index (χ0) is 30.7. The van der Waals surface area contributed by atoms with E-state index in [-0.39, 0.29) is 63.7 Å². The van der Waals surface area contributed by atoms with Gasteiger partial charge in [0.15, 0.2) is 17.4 Å². The van der Waals surface area contributed by atoms with Crippen LogP contribution in [0.5, 0.6) is 23.1 Å². The Bertz CT molecular complexity index is 1510. The van der Waals surface area contributed by atoms with Gasteiger partial charge in [0.25, 0.3) is 15.9 Å². The van der Waals surface area contributed by atoms with Crippen LogP contribution in [0.4, 0.5) is 5.82 Å². The summed E-state index contributed by atoms with van der Waals surface area (Å²) in [6, 6.07) is 11.4. The molecule has 0 radical (unpaired) electrons. The van der Waals surface area contributed by atoms with Gasteiger partial charge in [-0.2, -0.15) is 4.98 Å². The molecule has 0 bridgehead atoms. The van der Waals surface area contributed by atoms with Crippen LogP contribution in [0.15, 0.2) is 47.4 Å². The summed E-state index contributed by atoms with van der Waals surface area (Å²) < 4.78 is 63.5. The number of hydrogen-bond donors (Lipinski definition) is 1. The molecule has 0 spiro atoms. The van der Waals surface area contributed by atoms with Gasteiger partial charge >= 0.3 is 0 Å². The van der Waals surface area contributed by atoms with Crippen LogP contribution < -0.4 is 18.9 Å². The third kappa shape index (κ3) is 7.81. The number of ether oxygens (including phenoxy) is 6. The monoisotopic (exact) mass is 621 g/mol. The minimum absolute atomic E-state index is 0.0372. The van der Waals surface area contributed by atoms with Crippen molar-refractivity contribution in [2.24, 2.45) is 0 Å². The van der Waals surface area contributed by atoms with Gasteiger partial charge in [-0.25, -0.2) is 13.4 Å². The smallest absolute Gasteiger partial charge is 0.263 e. The van der Waals surface area contributed by atoms with E-state index in [0.717, 1.165) is 5.56 Å². The molecule has 228 valence electrons. The first-order chi connectivity index (χ1) is 19.7. The van der Waals surface area contributed by atoms with Crippen LogP contribution in [0, 0.1) is 0 Å². The van der Waals surface area contributed by atoms with Crippen LogP contribution in [-0.2, 0) is 36.3 Å². The number of hydrogen-bond acceptors (Lipinski definition) is 10. The number of aromatic nitrogens is 2. The molecule has 42 heavy (non-hydrogen) atoms. The number of benzene rings is 2. The molecule has 13 heteroatoms. The maximum Gasteiger partial charge on any atom is 0.263 e. The van der Waals surface area contributed by atoms with E-state index in [1.165, 1.54) is 26.4 Å². The molecule has 3 aromatic rings. The van der Waals surface area contributed by atoms with Gasteiger partial charge in [0.05, 0.1) is 37.4 Å². The van der Waals surface area contributed by atoms with Gasteiger partial charge in [0.1, 0.15) is 24.2 Å². The Morgan fingerprint density at radius 3 is 2.38 bits per heavy atom. The molecular weight excluding hydrogens is 586 g/mol. The highest BCUT2D eigenvalue weighted by Gasteiger charge is 2.33. The van der Waals surface area contributed by atoms with E-state index < -0.39 is 15.8 Å². The first-order valence-corrected chi connectivity index (χ1v) is 15.1. The maximum atomic E-state index is 13.5. The Hall–Kier alpha value is -3.16. The Morgan fingerprint density at radius 2 is 1.79 bits per heavy atom. The lowest BCUT2D eigenvalue weighted by molar-refractivity contribution is -0.145. The largest absolute Gasteiger partial charge is 0.497 e. The molecule has 1 aliphatic rings. The topological polar surface area (TPSA) is 127 Å². The molecule has 4 rings (SSSR count). The van der Waals surface area contributed by atoms with Crippen molar-refractivity contribution >= 4 is 27.4 Å². The number of nitrogens with zero attached hydrogens (tertiary/aromatic N) is 2. The van der Waals surface area contributed by atoms with Crippen molar-refractivity contribution in [2.75, 3.05) is 32.2 Å². The van der Waals surface area contributed by atoms with Crippen molar-refractivity contribution in [1.82, 2.24) is 9.97 Å². The second-order valence-electron chi connectivity index (χ2n) is 11.1. The van der Waals surface area contributed by atoms with Gasteiger partial charge in [-0.3, -0.25) is 4.72 Å². The van der Waals surface area contributed by atoms with E-state index in [0.29, 0.717) is 12.4 Å². The molecule has 1 N–H and O–H groups in total. The van der Waals surface area contributed by atoms with Crippen LogP contribution in [0.25, 0.3) is 0 Å². The quantitative estimate of drug-likeness (QED) is 0.284. The van der Waals surface area contributed by atoms with Crippen LogP contribution in [0.3, 0.4) is 0 Å². The molecule has 2 heterocycles. The zero-order valence-electron chi connectivity index (χ0n) is 24.7. The van der Waals surface area contributed by atoms with Gasteiger partial charge in [0.2, 0.25) is 5.75 Å². The molecule has 1 unspecified atom stereocenters. The highest BCUT2D eigenvalue weighted by molar-refractivity contribution is 7.92. The van der Waals surface area contributed by atoms with Crippen molar-refractivity contribution < 1.29 is 36.8 Å². The molecule has 1 atom stereocenters. The van der Waals surface area contributed by atoms with Gasteiger partial charge < -0.3 is 28.4 Å². The first kappa shape index (κ1) is 31.8. The summed E-state index contributed by atoms with van der Waals surface area (Å²) in [7, 11) is -1.24. The van der Waals surface area contributed by atoms with Crippen LogP contribution in [0.1, 0.15) is 46.0 Å². The van der Waals surface area contributed by atoms with Gasteiger partial charge in [-0.05, 0) is 49.1 Å². The lowest BCUT2D eigenvalue weighted by atomic mass is 9.87. The fraction of sp³-hybridized carbons (Fsp3) is 0.448. The first-order valence-electron chi connectivity index (χ1n) is 13.2. The third-order valence-electron chi connectivity index (χ3n) is 6.29. The lowest BCUT2D eigenvalue weighted by Crippen LogP contribution is -2.24. The van der Waals surface area contributed by atoms with Crippen molar-refractivity contribution in [3.05, 3.63) is 58.9 Å². The summed E-state index contributed by atoms with van der Waals surface area (Å²) in [4.78, 5) is 8.86. The highest BCUT2D eigenvalue weighted by atomic mass is 35.5. The highest BCUT2D eigenvalue weighted by Crippen LogP contribution is 2.41. The predicted octanol–water partition coefficient (Wildman–Crippen LogP) is 5.71. The predicted molar refractivity (Wildman–Crippen MR) is 157 cm³/mol. The van der Waals surface area contributed by atoms with Gasteiger partial charge in [0, 0.05) is 6.07 Å².